The first-order valence-electron chi connectivity index (χ1n) is 19.9. The van der Waals surface area contributed by atoms with Crippen LogP contribution in [0.2, 0.25) is 0 Å². The maximum atomic E-state index is 13.4. The topological polar surface area (TPSA) is 169 Å². The third-order valence-electron chi connectivity index (χ3n) is 12.8. The normalized spacial score (nSPS) is 21.6. The molecule has 1 saturated carbocycles. The number of nitrogens with two attached hydrogens (primary N) is 1. The number of nitrogens with zero attached hydrogens (tertiary/aromatic N) is 7. The highest BCUT2D eigenvalue weighted by Crippen LogP contribution is 2.47. The van der Waals surface area contributed by atoms with Crippen LogP contribution in [0, 0.1) is 5.41 Å². The van der Waals surface area contributed by atoms with Gasteiger partial charge in [-0.25, -0.2) is 14.6 Å². The van der Waals surface area contributed by atoms with Crippen LogP contribution in [0.4, 0.5) is 11.5 Å². The first kappa shape index (κ1) is 35.3. The van der Waals surface area contributed by atoms with Crippen molar-refractivity contribution in [3.05, 3.63) is 90.3 Å². The van der Waals surface area contributed by atoms with Gasteiger partial charge in [-0.3, -0.25) is 29.4 Å². The summed E-state index contributed by atoms with van der Waals surface area (Å²) in [5, 5.41) is 8.16. The molecule has 14 heteroatoms. The first-order valence-corrected chi connectivity index (χ1v) is 19.9. The number of ether oxygens (including phenoxy) is 1. The van der Waals surface area contributed by atoms with Crippen LogP contribution < -0.4 is 20.7 Å². The fraction of sp³-hybridized carbons (Fsp3) is 0.372. The maximum absolute atomic E-state index is 13.4. The zero-order valence-corrected chi connectivity index (χ0v) is 31.5. The molecule has 1 aliphatic carbocycles. The van der Waals surface area contributed by atoms with Crippen LogP contribution in [-0.2, 0) is 9.59 Å². The zero-order valence-electron chi connectivity index (χ0n) is 31.5. The summed E-state index contributed by atoms with van der Waals surface area (Å²) < 4.78 is 8.08. The number of aromatic nitrogens is 4. The quantitative estimate of drug-likeness (QED) is 0.205. The number of nitrogen functional groups attached to an aromatic ring is 1. The van der Waals surface area contributed by atoms with Crippen molar-refractivity contribution < 1.29 is 23.9 Å². The van der Waals surface area contributed by atoms with Crippen LogP contribution in [0.25, 0.3) is 22.3 Å². The molecule has 1 spiro atoms. The van der Waals surface area contributed by atoms with Crippen molar-refractivity contribution in [1.29, 1.82) is 0 Å². The lowest BCUT2D eigenvalue weighted by molar-refractivity contribution is -0.136. The molecular formula is C43H43N9O5. The second kappa shape index (κ2) is 13.8. The third kappa shape index (κ3) is 6.18. The summed E-state index contributed by atoms with van der Waals surface area (Å²) in [5.41, 5.74) is 10.7. The molecule has 0 radical (unpaired) electrons. The fourth-order valence-electron chi connectivity index (χ4n) is 9.75. The number of nitrogens with one attached hydrogen (secondary N) is 1. The van der Waals surface area contributed by atoms with E-state index in [0.717, 1.165) is 109 Å². The van der Waals surface area contributed by atoms with Gasteiger partial charge < -0.3 is 20.3 Å². The molecule has 5 aliphatic rings. The molecule has 4 fully saturated rings. The van der Waals surface area contributed by atoms with E-state index >= 15 is 0 Å². The Kier molecular flexibility index (Phi) is 8.54. The number of anilines is 2. The summed E-state index contributed by atoms with van der Waals surface area (Å²) >= 11 is 0. The standard InChI is InChI=1S/C43H43N9O5/c44-38-36-37(26-6-9-31(10-7-26)57-30-4-2-1-3-5-30)48-52(39(36)46-25-45-38)28-16-20-49(21-17-28)27-14-18-43(19-15-27)23-50(24-43)29-8-11-32-33(22-29)42(56)51(41(32)55)34-12-13-35(53)47-40(34)54/h1-11,22,25,27-28,34H,12-21,23-24H2,(H2,44,45,46)(H,47,53,54). The number of likely N-dealkylation sites (tertiary alicyclic amines) is 1. The van der Waals surface area contributed by atoms with Gasteiger partial charge in [-0.05, 0) is 99.5 Å². The molecule has 5 aromatic rings. The van der Waals surface area contributed by atoms with Gasteiger partial charge in [-0.15, -0.1) is 0 Å². The SMILES string of the molecule is Nc1ncnc2c1c(-c1ccc(Oc3ccccc3)cc1)nn2C1CCN(C2CCC3(CC2)CN(c2ccc4c(c2)C(=O)N(C2CCC(=O)NC2=O)C4=O)C3)CC1. The molecule has 14 nitrogen and oxygen atoms in total. The van der Waals surface area contributed by atoms with Crippen molar-refractivity contribution in [1.82, 2.24) is 34.9 Å². The molecule has 1 atom stereocenters. The van der Waals surface area contributed by atoms with Crippen LogP contribution in [0.15, 0.2) is 79.1 Å². The summed E-state index contributed by atoms with van der Waals surface area (Å²) in [6, 6.07) is 22.8. The van der Waals surface area contributed by atoms with Crippen LogP contribution in [-0.4, -0.2) is 91.4 Å². The number of piperidine rings is 2. The average Bonchev–Trinajstić information content (AvgIpc) is 3.73. The molecule has 3 saturated heterocycles. The Morgan fingerprint density at radius 1 is 0.772 bits per heavy atom. The molecule has 0 bridgehead atoms. The van der Waals surface area contributed by atoms with E-state index in [2.05, 4.69) is 29.8 Å². The van der Waals surface area contributed by atoms with Gasteiger partial charge in [-0.2, -0.15) is 5.10 Å². The van der Waals surface area contributed by atoms with Gasteiger partial charge in [0.25, 0.3) is 11.8 Å². The van der Waals surface area contributed by atoms with Crippen molar-refractivity contribution in [2.24, 2.45) is 5.41 Å². The molecule has 1 unspecified atom stereocenters. The molecular weight excluding hydrogens is 723 g/mol. The number of carbonyl (C=O) groups is 4. The van der Waals surface area contributed by atoms with E-state index in [1.54, 1.807) is 12.1 Å². The number of para-hydroxylation sites is 1. The number of hydrogen-bond donors (Lipinski definition) is 2. The number of amides is 4. The van der Waals surface area contributed by atoms with Crippen molar-refractivity contribution in [2.45, 2.75) is 69.5 Å². The lowest BCUT2D eigenvalue weighted by atomic mass is 9.67. The Morgan fingerprint density at radius 2 is 1.49 bits per heavy atom. The Hall–Kier alpha value is -6.15. The molecule has 290 valence electrons. The Balaban J connectivity index is 0.754. The predicted octanol–water partition coefficient (Wildman–Crippen LogP) is 5.36. The second-order valence-electron chi connectivity index (χ2n) is 16.2. The van der Waals surface area contributed by atoms with Gasteiger partial charge in [-0.1, -0.05) is 18.2 Å². The van der Waals surface area contributed by atoms with Crippen LogP contribution in [0.5, 0.6) is 11.5 Å². The van der Waals surface area contributed by atoms with E-state index in [0.29, 0.717) is 23.0 Å². The lowest BCUT2D eigenvalue weighted by Gasteiger charge is -2.55. The van der Waals surface area contributed by atoms with Crippen LogP contribution in [0.1, 0.15) is 78.1 Å². The summed E-state index contributed by atoms with van der Waals surface area (Å²) in [7, 11) is 0. The largest absolute Gasteiger partial charge is 0.457 e. The molecule has 4 aliphatic heterocycles. The van der Waals surface area contributed by atoms with Crippen molar-refractivity contribution >= 4 is 46.2 Å². The minimum Gasteiger partial charge on any atom is -0.457 e. The highest BCUT2D eigenvalue weighted by molar-refractivity contribution is 6.23. The van der Waals surface area contributed by atoms with Crippen molar-refractivity contribution in [3.8, 4) is 22.8 Å². The lowest BCUT2D eigenvalue weighted by Crippen LogP contribution is -2.59. The number of rotatable bonds is 7. The van der Waals surface area contributed by atoms with Gasteiger partial charge >= 0.3 is 0 Å². The predicted molar refractivity (Wildman–Crippen MR) is 212 cm³/mol. The molecule has 3 aromatic carbocycles. The minimum atomic E-state index is -0.963. The van der Waals surface area contributed by atoms with E-state index in [4.69, 9.17) is 15.6 Å². The van der Waals surface area contributed by atoms with Crippen LogP contribution >= 0.6 is 0 Å². The fourth-order valence-corrected chi connectivity index (χ4v) is 9.75. The Labute approximate surface area is 329 Å². The molecule has 6 heterocycles. The van der Waals surface area contributed by atoms with Gasteiger partial charge in [0.15, 0.2) is 5.65 Å². The summed E-state index contributed by atoms with van der Waals surface area (Å²) in [5.74, 6) is 0.0172. The molecule has 4 amide bonds. The number of fused-ring (bicyclic) bond motifs is 2. The van der Waals surface area contributed by atoms with Gasteiger partial charge in [0.1, 0.15) is 35.4 Å². The molecule has 2 aromatic heterocycles. The van der Waals surface area contributed by atoms with E-state index < -0.39 is 23.8 Å². The van der Waals surface area contributed by atoms with Crippen molar-refractivity contribution in [2.75, 3.05) is 36.8 Å². The van der Waals surface area contributed by atoms with E-state index in [1.165, 1.54) is 6.33 Å². The monoisotopic (exact) mass is 765 g/mol. The first-order chi connectivity index (χ1) is 27.7. The summed E-state index contributed by atoms with van der Waals surface area (Å²) in [6.07, 6.45) is 8.32. The summed E-state index contributed by atoms with van der Waals surface area (Å²) in [6.45, 7) is 3.83. The highest BCUT2D eigenvalue weighted by atomic mass is 16.5. The van der Waals surface area contributed by atoms with E-state index in [9.17, 15) is 19.2 Å². The van der Waals surface area contributed by atoms with E-state index in [1.807, 2.05) is 60.7 Å². The Bertz CT molecular complexity index is 2410. The third-order valence-corrected chi connectivity index (χ3v) is 12.8. The van der Waals surface area contributed by atoms with Gasteiger partial charge in [0.05, 0.1) is 22.6 Å². The zero-order chi connectivity index (χ0) is 38.8. The van der Waals surface area contributed by atoms with E-state index in [-0.39, 0.29) is 30.2 Å². The molecule has 57 heavy (non-hydrogen) atoms. The second-order valence-corrected chi connectivity index (χ2v) is 16.2. The van der Waals surface area contributed by atoms with Crippen molar-refractivity contribution in [3.63, 3.8) is 0 Å². The highest BCUT2D eigenvalue weighted by Gasteiger charge is 2.48. The number of benzene rings is 3. The minimum absolute atomic E-state index is 0.0999. The number of hydrogen-bond acceptors (Lipinski definition) is 11. The number of carbonyl (C=O) groups excluding carboxylic acids is 4. The van der Waals surface area contributed by atoms with Crippen LogP contribution in [0.3, 0.4) is 0 Å². The Morgan fingerprint density at radius 3 is 2.23 bits per heavy atom. The molecule has 10 rings (SSSR count). The van der Waals surface area contributed by atoms with Gasteiger partial charge in [0, 0.05) is 55.3 Å². The average molecular weight is 766 g/mol. The molecule has 3 N–H and O–H groups in total. The van der Waals surface area contributed by atoms with Gasteiger partial charge in [0.2, 0.25) is 11.8 Å². The summed E-state index contributed by atoms with van der Waals surface area (Å²) in [4.78, 5) is 65.6. The number of imide groups is 2. The smallest absolute Gasteiger partial charge is 0.262 e. The maximum Gasteiger partial charge on any atom is 0.262 e.